The minimum absolute atomic E-state index is 0.0241. The Labute approximate surface area is 153 Å². The largest absolute Gasteiger partial charge is 0.340 e. The first-order chi connectivity index (χ1) is 12.6. The van der Waals surface area contributed by atoms with E-state index in [2.05, 4.69) is 22.1 Å². The standard InChI is InChI=1S/C21H24N4O/c1-15-11-16(18-9-5-6-10-19(18)23-15)12-25(17-7-3-4-8-17)21(26)20-13-24(2)14-22-20/h5-6,9-11,13-14,17H,3-4,7-8,12H2,1-2H3. The third-order valence-electron chi connectivity index (χ3n) is 5.22. The number of benzene rings is 1. The topological polar surface area (TPSA) is 51.0 Å². The van der Waals surface area contributed by atoms with Crippen LogP contribution in [-0.2, 0) is 13.6 Å². The smallest absolute Gasteiger partial charge is 0.274 e. The number of rotatable bonds is 4. The first-order valence-electron chi connectivity index (χ1n) is 9.26. The average Bonchev–Trinajstić information content (AvgIpc) is 3.30. The van der Waals surface area contributed by atoms with Gasteiger partial charge in [0.2, 0.25) is 0 Å². The summed E-state index contributed by atoms with van der Waals surface area (Å²) >= 11 is 0. The third-order valence-corrected chi connectivity index (χ3v) is 5.22. The van der Waals surface area contributed by atoms with Gasteiger partial charge in [0.05, 0.1) is 11.8 Å². The number of para-hydroxylation sites is 1. The zero-order valence-electron chi connectivity index (χ0n) is 15.4. The van der Waals surface area contributed by atoms with Crippen LogP contribution in [0.4, 0.5) is 0 Å². The van der Waals surface area contributed by atoms with Gasteiger partial charge in [-0.15, -0.1) is 0 Å². The van der Waals surface area contributed by atoms with Crippen LogP contribution in [0.1, 0.15) is 47.4 Å². The number of aryl methyl sites for hydroxylation is 2. The van der Waals surface area contributed by atoms with E-state index in [9.17, 15) is 4.79 Å². The van der Waals surface area contributed by atoms with Crippen LogP contribution < -0.4 is 0 Å². The van der Waals surface area contributed by atoms with Crippen molar-refractivity contribution in [1.82, 2.24) is 19.4 Å². The minimum Gasteiger partial charge on any atom is -0.340 e. The Morgan fingerprint density at radius 2 is 2.04 bits per heavy atom. The number of carbonyl (C=O) groups excluding carboxylic acids is 1. The predicted molar refractivity (Wildman–Crippen MR) is 102 cm³/mol. The number of amides is 1. The lowest BCUT2D eigenvalue weighted by molar-refractivity contribution is 0.0659. The van der Waals surface area contributed by atoms with E-state index in [1.54, 1.807) is 12.5 Å². The van der Waals surface area contributed by atoms with Gasteiger partial charge in [-0.05, 0) is 37.5 Å². The van der Waals surface area contributed by atoms with Crippen molar-refractivity contribution in [2.45, 2.75) is 45.2 Å². The summed E-state index contributed by atoms with van der Waals surface area (Å²) < 4.78 is 1.83. The SMILES string of the molecule is Cc1cc(CN(C(=O)c2cn(C)cn2)C2CCCC2)c2ccccc2n1. The van der Waals surface area contributed by atoms with Gasteiger partial charge in [-0.2, -0.15) is 0 Å². The molecule has 0 aliphatic heterocycles. The second kappa shape index (κ2) is 6.90. The molecule has 3 aromatic rings. The molecule has 1 amide bonds. The number of aromatic nitrogens is 3. The lowest BCUT2D eigenvalue weighted by atomic mass is 10.1. The molecule has 1 fully saturated rings. The fourth-order valence-electron chi connectivity index (χ4n) is 3.96. The maximum Gasteiger partial charge on any atom is 0.274 e. The molecule has 1 aliphatic carbocycles. The van der Waals surface area contributed by atoms with Crippen LogP contribution in [-0.4, -0.2) is 31.4 Å². The molecule has 5 nitrogen and oxygen atoms in total. The lowest BCUT2D eigenvalue weighted by Gasteiger charge is -2.29. The first kappa shape index (κ1) is 16.8. The van der Waals surface area contributed by atoms with Crippen LogP contribution in [0.2, 0.25) is 0 Å². The number of pyridine rings is 1. The van der Waals surface area contributed by atoms with E-state index in [-0.39, 0.29) is 11.9 Å². The highest BCUT2D eigenvalue weighted by atomic mass is 16.2. The van der Waals surface area contributed by atoms with E-state index >= 15 is 0 Å². The molecule has 0 N–H and O–H groups in total. The Hall–Kier alpha value is -2.69. The Morgan fingerprint density at radius 1 is 1.27 bits per heavy atom. The van der Waals surface area contributed by atoms with E-state index in [1.807, 2.05) is 41.6 Å². The predicted octanol–water partition coefficient (Wildman–Crippen LogP) is 3.86. The number of nitrogens with zero attached hydrogens (tertiary/aromatic N) is 4. The fourth-order valence-corrected chi connectivity index (χ4v) is 3.96. The molecule has 4 rings (SSSR count). The Bertz CT molecular complexity index is 940. The van der Waals surface area contributed by atoms with E-state index in [1.165, 1.54) is 12.8 Å². The summed E-state index contributed by atoms with van der Waals surface area (Å²) in [7, 11) is 1.89. The first-order valence-corrected chi connectivity index (χ1v) is 9.26. The van der Waals surface area contributed by atoms with Crippen molar-refractivity contribution in [3.8, 4) is 0 Å². The summed E-state index contributed by atoms with van der Waals surface area (Å²) in [5.74, 6) is 0.0241. The molecule has 26 heavy (non-hydrogen) atoms. The molecule has 1 aliphatic rings. The van der Waals surface area contributed by atoms with Gasteiger partial charge >= 0.3 is 0 Å². The van der Waals surface area contributed by atoms with Crippen LogP contribution in [0, 0.1) is 6.92 Å². The van der Waals surface area contributed by atoms with Gasteiger partial charge in [-0.1, -0.05) is 31.0 Å². The van der Waals surface area contributed by atoms with Crippen molar-refractivity contribution in [2.75, 3.05) is 0 Å². The van der Waals surface area contributed by atoms with Crippen molar-refractivity contribution in [3.63, 3.8) is 0 Å². The fraction of sp³-hybridized carbons (Fsp3) is 0.381. The summed E-state index contributed by atoms with van der Waals surface area (Å²) in [4.78, 5) is 24.1. The maximum atomic E-state index is 13.2. The van der Waals surface area contributed by atoms with E-state index < -0.39 is 0 Å². The summed E-state index contributed by atoms with van der Waals surface area (Å²) in [5.41, 5.74) is 3.65. The summed E-state index contributed by atoms with van der Waals surface area (Å²) in [6.45, 7) is 2.61. The van der Waals surface area contributed by atoms with E-state index in [0.717, 1.165) is 35.0 Å². The van der Waals surface area contributed by atoms with Gasteiger partial charge in [-0.25, -0.2) is 4.98 Å². The molecular formula is C21H24N4O. The second-order valence-corrected chi connectivity index (χ2v) is 7.24. The highest BCUT2D eigenvalue weighted by Crippen LogP contribution is 2.28. The highest BCUT2D eigenvalue weighted by molar-refractivity contribution is 5.93. The van der Waals surface area contributed by atoms with Gasteiger partial charge in [0.1, 0.15) is 5.69 Å². The van der Waals surface area contributed by atoms with Gasteiger partial charge in [0, 0.05) is 36.9 Å². The molecule has 2 aromatic heterocycles. The van der Waals surface area contributed by atoms with Crippen LogP contribution in [0.25, 0.3) is 10.9 Å². The van der Waals surface area contributed by atoms with Gasteiger partial charge < -0.3 is 9.47 Å². The van der Waals surface area contributed by atoms with Crippen molar-refractivity contribution in [3.05, 3.63) is 59.8 Å². The summed E-state index contributed by atoms with van der Waals surface area (Å²) in [6, 6.07) is 10.6. The number of hydrogen-bond donors (Lipinski definition) is 0. The zero-order valence-corrected chi connectivity index (χ0v) is 15.4. The van der Waals surface area contributed by atoms with Gasteiger partial charge in [0.25, 0.3) is 5.91 Å². The van der Waals surface area contributed by atoms with E-state index in [0.29, 0.717) is 12.2 Å². The molecule has 0 unspecified atom stereocenters. The normalized spacial score (nSPS) is 14.8. The molecule has 0 saturated heterocycles. The molecule has 134 valence electrons. The number of imidazole rings is 1. The number of hydrogen-bond acceptors (Lipinski definition) is 3. The molecule has 0 atom stereocenters. The Morgan fingerprint density at radius 3 is 2.77 bits per heavy atom. The van der Waals surface area contributed by atoms with Crippen molar-refractivity contribution in [2.24, 2.45) is 7.05 Å². The molecule has 0 spiro atoms. The van der Waals surface area contributed by atoms with Crippen LogP contribution >= 0.6 is 0 Å². The van der Waals surface area contributed by atoms with Crippen LogP contribution in [0.3, 0.4) is 0 Å². The van der Waals surface area contributed by atoms with Gasteiger partial charge in [0.15, 0.2) is 0 Å². The van der Waals surface area contributed by atoms with Crippen molar-refractivity contribution >= 4 is 16.8 Å². The zero-order chi connectivity index (χ0) is 18.1. The maximum absolute atomic E-state index is 13.2. The van der Waals surface area contributed by atoms with Crippen molar-refractivity contribution < 1.29 is 4.79 Å². The monoisotopic (exact) mass is 348 g/mol. The third kappa shape index (κ3) is 3.21. The molecule has 0 bridgehead atoms. The van der Waals surface area contributed by atoms with Crippen LogP contribution in [0.15, 0.2) is 42.9 Å². The molecular weight excluding hydrogens is 324 g/mol. The Kier molecular flexibility index (Phi) is 4.45. The highest BCUT2D eigenvalue weighted by Gasteiger charge is 2.29. The molecule has 2 heterocycles. The second-order valence-electron chi connectivity index (χ2n) is 7.24. The number of fused-ring (bicyclic) bond motifs is 1. The van der Waals surface area contributed by atoms with Crippen molar-refractivity contribution in [1.29, 1.82) is 0 Å². The molecule has 1 saturated carbocycles. The minimum atomic E-state index is 0.0241. The Balaban J connectivity index is 1.72. The molecule has 5 heteroatoms. The summed E-state index contributed by atoms with van der Waals surface area (Å²) in [6.07, 6.45) is 8.01. The summed E-state index contributed by atoms with van der Waals surface area (Å²) in [5, 5.41) is 1.12. The lowest BCUT2D eigenvalue weighted by Crippen LogP contribution is -2.38. The molecule has 1 aromatic carbocycles. The number of carbonyl (C=O) groups is 1. The van der Waals surface area contributed by atoms with Crippen LogP contribution in [0.5, 0.6) is 0 Å². The molecule has 0 radical (unpaired) electrons. The average molecular weight is 348 g/mol. The quantitative estimate of drug-likeness (QED) is 0.719. The van der Waals surface area contributed by atoms with E-state index in [4.69, 9.17) is 0 Å². The van der Waals surface area contributed by atoms with Gasteiger partial charge in [-0.3, -0.25) is 9.78 Å².